The molecule has 2 heterocycles. The van der Waals surface area contributed by atoms with E-state index in [1.165, 1.54) is 21.9 Å². The lowest BCUT2D eigenvalue weighted by Gasteiger charge is -2.42. The smallest absolute Gasteiger partial charge is 0.119 e. The van der Waals surface area contributed by atoms with Gasteiger partial charge in [0, 0.05) is 6.04 Å². The predicted molar refractivity (Wildman–Crippen MR) is 89.3 cm³/mol. The van der Waals surface area contributed by atoms with Crippen LogP contribution in [0.5, 0.6) is 5.75 Å². The number of hydrogen-bond donors (Lipinski definition) is 0. The number of likely N-dealkylation sites (N-methyl/N-ethyl adjacent to an activating group) is 1. The number of rotatable bonds is 2. The van der Waals surface area contributed by atoms with Gasteiger partial charge in [-0.05, 0) is 53.6 Å². The van der Waals surface area contributed by atoms with Gasteiger partial charge in [-0.25, -0.2) is 0 Å². The molecule has 3 nitrogen and oxygen atoms in total. The van der Waals surface area contributed by atoms with E-state index in [-0.39, 0.29) is 0 Å². The van der Waals surface area contributed by atoms with Crippen LogP contribution in [0.25, 0.3) is 16.3 Å². The van der Waals surface area contributed by atoms with Crippen molar-refractivity contribution in [1.82, 2.24) is 4.90 Å². The van der Waals surface area contributed by atoms with E-state index in [4.69, 9.17) is 9.47 Å². The number of fused-ring (bicyclic) bond motifs is 3. The molecule has 2 unspecified atom stereocenters. The quantitative estimate of drug-likeness (QED) is 0.848. The highest BCUT2D eigenvalue weighted by Crippen LogP contribution is 2.33. The second-order valence-corrected chi connectivity index (χ2v) is 6.25. The van der Waals surface area contributed by atoms with Crippen LogP contribution >= 0.6 is 0 Å². The molecule has 1 saturated heterocycles. The standard InChI is InChI=1S/C19H21NO2/c1-20-17-8-16(9-18(20)12-22-11-17)14-3-4-15-10-19(21-2)6-5-13(15)7-14/h3-8,10,17-18H,9,11-12H2,1-2H3. The molecule has 2 aliphatic rings. The van der Waals surface area contributed by atoms with Crippen LogP contribution in [-0.4, -0.2) is 44.4 Å². The monoisotopic (exact) mass is 295 g/mol. The van der Waals surface area contributed by atoms with Crippen molar-refractivity contribution in [3.8, 4) is 5.75 Å². The molecule has 114 valence electrons. The van der Waals surface area contributed by atoms with E-state index in [1.807, 2.05) is 6.07 Å². The van der Waals surface area contributed by atoms with Gasteiger partial charge in [-0.15, -0.1) is 0 Å². The predicted octanol–water partition coefficient (Wildman–Crippen LogP) is 3.33. The Morgan fingerprint density at radius 2 is 1.91 bits per heavy atom. The largest absolute Gasteiger partial charge is 0.497 e. The Kier molecular flexibility index (Phi) is 3.40. The molecule has 22 heavy (non-hydrogen) atoms. The number of ether oxygens (including phenoxy) is 2. The van der Waals surface area contributed by atoms with E-state index in [0.717, 1.165) is 25.4 Å². The lowest BCUT2D eigenvalue weighted by molar-refractivity contribution is -0.0221. The summed E-state index contributed by atoms with van der Waals surface area (Å²) >= 11 is 0. The molecule has 2 atom stereocenters. The second kappa shape index (κ2) is 5.41. The molecule has 0 radical (unpaired) electrons. The van der Waals surface area contributed by atoms with Crippen LogP contribution in [0, 0.1) is 0 Å². The van der Waals surface area contributed by atoms with Gasteiger partial charge in [-0.1, -0.05) is 24.3 Å². The van der Waals surface area contributed by atoms with Crippen LogP contribution in [0.3, 0.4) is 0 Å². The van der Waals surface area contributed by atoms with Gasteiger partial charge >= 0.3 is 0 Å². The van der Waals surface area contributed by atoms with Gasteiger partial charge in [-0.3, -0.25) is 4.90 Å². The molecule has 0 saturated carbocycles. The van der Waals surface area contributed by atoms with Gasteiger partial charge in [0.1, 0.15) is 5.75 Å². The minimum atomic E-state index is 0.411. The maximum Gasteiger partial charge on any atom is 0.119 e. The second-order valence-electron chi connectivity index (χ2n) is 6.25. The van der Waals surface area contributed by atoms with Crippen LogP contribution < -0.4 is 4.74 Å². The van der Waals surface area contributed by atoms with Gasteiger partial charge in [0.2, 0.25) is 0 Å². The zero-order chi connectivity index (χ0) is 15.1. The average Bonchev–Trinajstić information content (AvgIpc) is 2.53. The maximum absolute atomic E-state index is 5.69. The van der Waals surface area contributed by atoms with Gasteiger partial charge < -0.3 is 9.47 Å². The number of morpholine rings is 1. The first-order chi connectivity index (χ1) is 10.7. The van der Waals surface area contributed by atoms with E-state index in [9.17, 15) is 0 Å². The Bertz CT molecular complexity index is 737. The fraction of sp³-hybridized carbons (Fsp3) is 0.368. The average molecular weight is 295 g/mol. The van der Waals surface area contributed by atoms with Crippen molar-refractivity contribution in [1.29, 1.82) is 0 Å². The summed E-state index contributed by atoms with van der Waals surface area (Å²) in [7, 11) is 3.91. The van der Waals surface area contributed by atoms with Gasteiger partial charge in [-0.2, -0.15) is 0 Å². The highest BCUT2D eigenvalue weighted by atomic mass is 16.5. The van der Waals surface area contributed by atoms with Crippen molar-refractivity contribution >= 4 is 16.3 Å². The molecule has 0 aromatic heterocycles. The Morgan fingerprint density at radius 3 is 2.73 bits per heavy atom. The molecule has 2 aromatic rings. The van der Waals surface area contributed by atoms with E-state index in [0.29, 0.717) is 12.1 Å². The number of methoxy groups -OCH3 is 1. The summed E-state index contributed by atoms with van der Waals surface area (Å²) in [5, 5.41) is 2.49. The molecule has 2 aromatic carbocycles. The highest BCUT2D eigenvalue weighted by molar-refractivity contribution is 5.87. The van der Waals surface area contributed by atoms with Gasteiger partial charge in [0.25, 0.3) is 0 Å². The van der Waals surface area contributed by atoms with Crippen LogP contribution in [0.15, 0.2) is 42.5 Å². The lowest BCUT2D eigenvalue weighted by Crippen LogP contribution is -2.51. The van der Waals surface area contributed by atoms with Crippen LogP contribution in [0.2, 0.25) is 0 Å². The van der Waals surface area contributed by atoms with E-state index < -0.39 is 0 Å². The molecule has 2 bridgehead atoms. The Morgan fingerprint density at radius 1 is 1.09 bits per heavy atom. The molecule has 0 N–H and O–H groups in total. The highest BCUT2D eigenvalue weighted by Gasteiger charge is 2.32. The van der Waals surface area contributed by atoms with Crippen molar-refractivity contribution in [3.05, 3.63) is 48.0 Å². The number of hydrogen-bond acceptors (Lipinski definition) is 3. The molecular weight excluding hydrogens is 274 g/mol. The Hall–Kier alpha value is -1.84. The zero-order valence-corrected chi connectivity index (χ0v) is 13.1. The van der Waals surface area contributed by atoms with Crippen molar-refractivity contribution in [3.63, 3.8) is 0 Å². The molecule has 3 heteroatoms. The van der Waals surface area contributed by atoms with Crippen LogP contribution in [0.1, 0.15) is 12.0 Å². The summed E-state index contributed by atoms with van der Waals surface area (Å²) in [4.78, 5) is 2.44. The topological polar surface area (TPSA) is 21.7 Å². The van der Waals surface area contributed by atoms with E-state index in [1.54, 1.807) is 7.11 Å². The molecule has 0 aliphatic carbocycles. The molecular formula is C19H21NO2. The molecule has 0 spiro atoms. The van der Waals surface area contributed by atoms with E-state index >= 15 is 0 Å². The van der Waals surface area contributed by atoms with E-state index in [2.05, 4.69) is 48.4 Å². The molecule has 4 rings (SSSR count). The maximum atomic E-state index is 5.69. The summed E-state index contributed by atoms with van der Waals surface area (Å²) in [5.41, 5.74) is 2.79. The summed E-state index contributed by atoms with van der Waals surface area (Å²) in [6.45, 7) is 1.65. The summed E-state index contributed by atoms with van der Waals surface area (Å²) in [6, 6.07) is 13.9. The number of benzene rings is 2. The third-order valence-corrected chi connectivity index (χ3v) is 4.97. The third-order valence-electron chi connectivity index (χ3n) is 4.97. The van der Waals surface area contributed by atoms with Gasteiger partial charge in [0.15, 0.2) is 0 Å². The van der Waals surface area contributed by atoms with Crippen LogP contribution in [0.4, 0.5) is 0 Å². The summed E-state index contributed by atoms with van der Waals surface area (Å²) < 4.78 is 11.0. The number of nitrogens with zero attached hydrogens (tertiary/aromatic N) is 1. The minimum Gasteiger partial charge on any atom is -0.497 e. The lowest BCUT2D eigenvalue weighted by atomic mass is 9.89. The minimum absolute atomic E-state index is 0.411. The first kappa shape index (κ1) is 13.8. The molecule has 1 fully saturated rings. The normalized spacial score (nSPS) is 25.1. The first-order valence-electron chi connectivity index (χ1n) is 7.83. The third kappa shape index (κ3) is 2.31. The zero-order valence-electron chi connectivity index (χ0n) is 13.1. The summed E-state index contributed by atoms with van der Waals surface area (Å²) in [5.74, 6) is 0.908. The Labute approximate surface area is 131 Å². The van der Waals surface area contributed by atoms with Gasteiger partial charge in [0.05, 0.1) is 26.4 Å². The van der Waals surface area contributed by atoms with Crippen LogP contribution in [-0.2, 0) is 4.74 Å². The Balaban J connectivity index is 1.72. The van der Waals surface area contributed by atoms with Crippen molar-refractivity contribution in [2.75, 3.05) is 27.4 Å². The van der Waals surface area contributed by atoms with Crippen molar-refractivity contribution in [2.45, 2.75) is 18.5 Å². The molecule has 0 amide bonds. The SMILES string of the molecule is COc1ccc2cc(C3=CC4COCC(C3)N4C)ccc2c1. The summed E-state index contributed by atoms with van der Waals surface area (Å²) in [6.07, 6.45) is 3.44. The van der Waals surface area contributed by atoms with Crippen molar-refractivity contribution in [2.24, 2.45) is 0 Å². The fourth-order valence-electron chi connectivity index (χ4n) is 3.52. The molecule has 2 aliphatic heterocycles. The fourth-order valence-corrected chi connectivity index (χ4v) is 3.52. The first-order valence-corrected chi connectivity index (χ1v) is 7.83. The van der Waals surface area contributed by atoms with Crippen molar-refractivity contribution < 1.29 is 9.47 Å².